The van der Waals surface area contributed by atoms with Crippen LogP contribution in [0.2, 0.25) is 0 Å². The molecule has 1 N–H and O–H groups in total. The fourth-order valence-corrected chi connectivity index (χ4v) is 2.06. The second kappa shape index (κ2) is 7.85. The maximum Gasteiger partial charge on any atom is 0.161 e. The lowest BCUT2D eigenvalue weighted by Gasteiger charge is -2.20. The molecule has 0 heterocycles. The highest BCUT2D eigenvalue weighted by Gasteiger charge is 2.14. The van der Waals surface area contributed by atoms with E-state index < -0.39 is 0 Å². The van der Waals surface area contributed by atoms with E-state index in [-0.39, 0.29) is 6.04 Å². The molecule has 0 bridgehead atoms. The number of rotatable bonds is 8. The minimum absolute atomic E-state index is 0.275. The van der Waals surface area contributed by atoms with Crippen molar-refractivity contribution in [3.8, 4) is 11.5 Å². The van der Waals surface area contributed by atoms with Crippen molar-refractivity contribution >= 4 is 0 Å². The van der Waals surface area contributed by atoms with Gasteiger partial charge < -0.3 is 14.8 Å². The molecule has 19 heavy (non-hydrogen) atoms. The lowest BCUT2D eigenvalue weighted by molar-refractivity contribution is 0.353. The van der Waals surface area contributed by atoms with Gasteiger partial charge in [-0.1, -0.05) is 32.1 Å². The van der Waals surface area contributed by atoms with Gasteiger partial charge in [-0.05, 0) is 37.1 Å². The van der Waals surface area contributed by atoms with E-state index in [4.69, 9.17) is 9.47 Å². The van der Waals surface area contributed by atoms with Gasteiger partial charge in [-0.15, -0.1) is 0 Å². The monoisotopic (exact) mass is 263 g/mol. The van der Waals surface area contributed by atoms with Gasteiger partial charge in [0, 0.05) is 6.04 Å². The maximum absolute atomic E-state index is 5.36. The number of hydrogen-bond donors (Lipinski definition) is 1. The summed E-state index contributed by atoms with van der Waals surface area (Å²) in [4.78, 5) is 0. The quantitative estimate of drug-likeness (QED) is 0.725. The van der Waals surface area contributed by atoms with Crippen LogP contribution in [-0.2, 0) is 0 Å². The van der Waals surface area contributed by atoms with Crippen LogP contribution in [-0.4, -0.2) is 20.8 Å². The Morgan fingerprint density at radius 3 is 2.42 bits per heavy atom. The van der Waals surface area contributed by atoms with E-state index in [2.05, 4.69) is 31.8 Å². The Hall–Kier alpha value is -1.48. The highest BCUT2D eigenvalue weighted by atomic mass is 16.5. The van der Waals surface area contributed by atoms with Crippen molar-refractivity contribution in [1.29, 1.82) is 0 Å². The molecule has 0 fully saturated rings. The fourth-order valence-electron chi connectivity index (χ4n) is 2.06. The normalized spacial score (nSPS) is 12.0. The van der Waals surface area contributed by atoms with Gasteiger partial charge in [-0.2, -0.15) is 0 Å². The molecule has 3 nitrogen and oxygen atoms in total. The first kappa shape index (κ1) is 15.6. The highest BCUT2D eigenvalue weighted by molar-refractivity contribution is 5.44. The summed E-state index contributed by atoms with van der Waals surface area (Å²) in [6.45, 7) is 9.28. The third-order valence-electron chi connectivity index (χ3n) is 3.25. The van der Waals surface area contributed by atoms with E-state index in [1.165, 1.54) is 11.1 Å². The molecule has 0 spiro atoms. The predicted molar refractivity (Wildman–Crippen MR) is 80.0 cm³/mol. The van der Waals surface area contributed by atoms with Crippen molar-refractivity contribution in [2.24, 2.45) is 0 Å². The van der Waals surface area contributed by atoms with Gasteiger partial charge in [0.05, 0.1) is 14.2 Å². The van der Waals surface area contributed by atoms with Crippen molar-refractivity contribution in [1.82, 2.24) is 5.32 Å². The van der Waals surface area contributed by atoms with E-state index in [0.29, 0.717) is 0 Å². The summed E-state index contributed by atoms with van der Waals surface area (Å²) < 4.78 is 10.6. The van der Waals surface area contributed by atoms with Gasteiger partial charge in [0.1, 0.15) is 0 Å². The smallest absolute Gasteiger partial charge is 0.161 e. The first-order valence-corrected chi connectivity index (χ1v) is 6.78. The first-order chi connectivity index (χ1) is 9.15. The molecule has 0 saturated carbocycles. The molecule has 1 atom stereocenters. The minimum Gasteiger partial charge on any atom is -0.493 e. The van der Waals surface area contributed by atoms with Crippen molar-refractivity contribution in [2.75, 3.05) is 20.8 Å². The van der Waals surface area contributed by atoms with Crippen LogP contribution in [0.3, 0.4) is 0 Å². The molecule has 0 aliphatic carbocycles. The van der Waals surface area contributed by atoms with Gasteiger partial charge in [0.15, 0.2) is 11.5 Å². The Labute approximate surface area is 116 Å². The summed E-state index contributed by atoms with van der Waals surface area (Å²) in [6, 6.07) is 6.34. The largest absolute Gasteiger partial charge is 0.493 e. The van der Waals surface area contributed by atoms with E-state index in [9.17, 15) is 0 Å². The van der Waals surface area contributed by atoms with Gasteiger partial charge in [-0.25, -0.2) is 0 Å². The molecule has 0 radical (unpaired) electrons. The molecular formula is C16H25NO2. The predicted octanol–water partition coefficient (Wildman–Crippen LogP) is 3.71. The van der Waals surface area contributed by atoms with E-state index >= 15 is 0 Å². The van der Waals surface area contributed by atoms with Gasteiger partial charge in [0.25, 0.3) is 0 Å². The van der Waals surface area contributed by atoms with Crippen molar-refractivity contribution < 1.29 is 9.47 Å². The summed E-state index contributed by atoms with van der Waals surface area (Å²) in [5.41, 5.74) is 2.45. The third-order valence-corrected chi connectivity index (χ3v) is 3.25. The van der Waals surface area contributed by atoms with Crippen LogP contribution in [0.4, 0.5) is 0 Å². The summed E-state index contributed by atoms with van der Waals surface area (Å²) in [7, 11) is 3.31. The Bertz CT molecular complexity index is 415. The first-order valence-electron chi connectivity index (χ1n) is 6.78. The lowest BCUT2D eigenvalue weighted by Crippen LogP contribution is -2.21. The number of ether oxygens (including phenoxy) is 2. The van der Waals surface area contributed by atoms with Crippen LogP contribution in [0.25, 0.3) is 0 Å². The minimum atomic E-state index is 0.275. The molecule has 1 aromatic rings. The van der Waals surface area contributed by atoms with Crippen LogP contribution in [0, 0.1) is 0 Å². The van der Waals surface area contributed by atoms with E-state index in [1.807, 2.05) is 12.1 Å². The summed E-state index contributed by atoms with van der Waals surface area (Å²) in [5.74, 6) is 1.53. The van der Waals surface area contributed by atoms with Gasteiger partial charge in [0.2, 0.25) is 0 Å². The van der Waals surface area contributed by atoms with Crippen molar-refractivity contribution in [3.63, 3.8) is 0 Å². The average Bonchev–Trinajstić information content (AvgIpc) is 2.45. The molecule has 106 valence electrons. The zero-order valence-electron chi connectivity index (χ0n) is 12.5. The number of methoxy groups -OCH3 is 2. The van der Waals surface area contributed by atoms with Crippen LogP contribution < -0.4 is 14.8 Å². The zero-order valence-corrected chi connectivity index (χ0v) is 12.5. The highest BCUT2D eigenvalue weighted by Crippen LogP contribution is 2.31. The SMILES string of the molecule is C=C(CC)CC(NCC)c1ccc(OC)c(OC)c1. The topological polar surface area (TPSA) is 30.5 Å². The zero-order chi connectivity index (χ0) is 14.3. The molecule has 1 unspecified atom stereocenters. The third kappa shape index (κ3) is 4.28. The summed E-state index contributed by atoms with van der Waals surface area (Å²) in [6.07, 6.45) is 1.95. The summed E-state index contributed by atoms with van der Waals surface area (Å²) >= 11 is 0. The Morgan fingerprint density at radius 2 is 1.89 bits per heavy atom. The molecule has 3 heteroatoms. The number of nitrogens with one attached hydrogen (secondary N) is 1. The number of hydrogen-bond acceptors (Lipinski definition) is 3. The van der Waals surface area contributed by atoms with Crippen LogP contribution >= 0.6 is 0 Å². The van der Waals surface area contributed by atoms with Crippen LogP contribution in [0.5, 0.6) is 11.5 Å². The molecule has 0 saturated heterocycles. The van der Waals surface area contributed by atoms with E-state index in [1.54, 1.807) is 14.2 Å². The maximum atomic E-state index is 5.36. The Kier molecular flexibility index (Phi) is 6.43. The van der Waals surface area contributed by atoms with Crippen LogP contribution in [0.1, 0.15) is 38.3 Å². The van der Waals surface area contributed by atoms with Crippen molar-refractivity contribution in [2.45, 2.75) is 32.7 Å². The molecular weight excluding hydrogens is 238 g/mol. The van der Waals surface area contributed by atoms with Crippen molar-refractivity contribution in [3.05, 3.63) is 35.9 Å². The fraction of sp³-hybridized carbons (Fsp3) is 0.500. The molecule has 1 rings (SSSR count). The molecule has 1 aromatic carbocycles. The second-order valence-electron chi connectivity index (χ2n) is 4.53. The van der Waals surface area contributed by atoms with E-state index in [0.717, 1.165) is 30.9 Å². The molecule has 0 amide bonds. The van der Waals surface area contributed by atoms with Gasteiger partial charge >= 0.3 is 0 Å². The van der Waals surface area contributed by atoms with Crippen LogP contribution in [0.15, 0.2) is 30.4 Å². The Morgan fingerprint density at radius 1 is 1.21 bits per heavy atom. The molecule has 0 aliphatic rings. The summed E-state index contributed by atoms with van der Waals surface area (Å²) in [5, 5.41) is 3.50. The number of benzene rings is 1. The molecule has 0 aromatic heterocycles. The average molecular weight is 263 g/mol. The lowest BCUT2D eigenvalue weighted by atomic mass is 9.98. The Balaban J connectivity index is 2.98. The second-order valence-corrected chi connectivity index (χ2v) is 4.53. The molecule has 0 aliphatic heterocycles. The standard InChI is InChI=1S/C16H25NO2/c1-6-12(3)10-14(17-7-2)13-8-9-15(18-4)16(11-13)19-5/h8-9,11,14,17H,3,6-7,10H2,1-2,4-5H3. The van der Waals surface area contributed by atoms with Gasteiger partial charge in [-0.3, -0.25) is 0 Å².